The van der Waals surface area contributed by atoms with E-state index < -0.39 is 0 Å². The molecule has 1 heterocycles. The van der Waals surface area contributed by atoms with Crippen LogP contribution in [0.1, 0.15) is 47.2 Å². The van der Waals surface area contributed by atoms with Crippen molar-refractivity contribution in [1.29, 1.82) is 0 Å². The van der Waals surface area contributed by atoms with Gasteiger partial charge in [0.15, 0.2) is 0 Å². The number of aromatic nitrogens is 1. The van der Waals surface area contributed by atoms with Gasteiger partial charge in [0.05, 0.1) is 5.69 Å². The van der Waals surface area contributed by atoms with Crippen LogP contribution in [0.15, 0.2) is 24.4 Å². The van der Waals surface area contributed by atoms with Gasteiger partial charge in [0.2, 0.25) is 0 Å². The molecule has 0 aliphatic rings. The van der Waals surface area contributed by atoms with Crippen molar-refractivity contribution in [3.05, 3.63) is 30.1 Å². The Morgan fingerprint density at radius 1 is 1.08 bits per heavy atom. The van der Waals surface area contributed by atoms with Crippen LogP contribution in [-0.2, 0) is 28.7 Å². The molecule has 0 saturated heterocycles. The quantitative estimate of drug-likeness (QED) is 0.229. The molecule has 0 aromatic carbocycles. The Kier molecular flexibility index (Phi) is 21.5. The van der Waals surface area contributed by atoms with Gasteiger partial charge in [0, 0.05) is 25.8 Å². The third-order valence-corrected chi connectivity index (χ3v) is 4.02. The number of carbonyl (C=O) groups excluding carboxylic acids is 1. The Morgan fingerprint density at radius 3 is 1.92 bits per heavy atom. The number of nitrogens with zero attached hydrogens (tertiary/aromatic N) is 1. The van der Waals surface area contributed by atoms with E-state index >= 15 is 0 Å². The van der Waals surface area contributed by atoms with Crippen LogP contribution in [0.25, 0.3) is 0 Å². The van der Waals surface area contributed by atoms with Crippen LogP contribution in [0.3, 0.4) is 0 Å². The van der Waals surface area contributed by atoms with Gasteiger partial charge in [-0.15, -0.1) is 0 Å². The van der Waals surface area contributed by atoms with E-state index in [1.165, 1.54) is 0 Å². The van der Waals surface area contributed by atoms with E-state index in [4.69, 9.17) is 4.79 Å². The Bertz CT molecular complexity index is 358. The first kappa shape index (κ1) is 28.9. The maximum absolute atomic E-state index is 7.75. The molecular weight excluding hydrogens is 430 g/mol. The first-order chi connectivity index (χ1) is 11.2. The third-order valence-electron chi connectivity index (χ3n) is 3.73. The Balaban J connectivity index is -0.000000321. The number of hydrogen-bond donors (Lipinski definition) is 2. The number of nitrogens with one attached hydrogen (secondary N) is 2. The second kappa shape index (κ2) is 17.9. The molecule has 0 bridgehead atoms. The van der Waals surface area contributed by atoms with Gasteiger partial charge in [-0.3, -0.25) is 16.9 Å². The van der Waals surface area contributed by atoms with Crippen molar-refractivity contribution in [2.45, 2.75) is 48.1 Å². The summed E-state index contributed by atoms with van der Waals surface area (Å²) in [5, 5.41) is 6.25. The van der Waals surface area contributed by atoms with Crippen molar-refractivity contribution >= 4 is 25.9 Å². The fourth-order valence-electron chi connectivity index (χ4n) is 0.880. The summed E-state index contributed by atoms with van der Waals surface area (Å²) in [6.45, 7) is 19.6. The van der Waals surface area contributed by atoms with E-state index in [-0.39, 0.29) is 0 Å². The summed E-state index contributed by atoms with van der Waals surface area (Å²) in [5.74, 6) is 0. The molecular formula is C17H34ClN3OPRu+. The normalized spacial score (nSPS) is 10.2. The Labute approximate surface area is 165 Å². The predicted molar refractivity (Wildman–Crippen MR) is 107 cm³/mol. The number of hydrogen-bond acceptors (Lipinski definition) is 4. The van der Waals surface area contributed by atoms with Crippen LogP contribution in [0.2, 0.25) is 0 Å². The molecule has 142 valence electrons. The van der Waals surface area contributed by atoms with E-state index in [1.807, 2.05) is 24.4 Å². The average Bonchev–Trinajstić information content (AvgIpc) is 2.55. The van der Waals surface area contributed by atoms with Crippen LogP contribution in [0.5, 0.6) is 0 Å². The molecule has 0 fully saturated rings. The van der Waals surface area contributed by atoms with Crippen LogP contribution in [0, 0.1) is 10.8 Å². The van der Waals surface area contributed by atoms with E-state index in [1.54, 1.807) is 17.3 Å². The molecule has 24 heavy (non-hydrogen) atoms. The van der Waals surface area contributed by atoms with Crippen LogP contribution < -0.4 is 10.4 Å². The molecule has 0 radical (unpaired) electrons. The summed E-state index contributed by atoms with van der Waals surface area (Å²) in [7, 11) is 7.08. The molecule has 1 atom stereocenters. The van der Waals surface area contributed by atoms with Crippen molar-refractivity contribution in [1.82, 2.24) is 15.4 Å². The number of pyridine rings is 1. The Morgan fingerprint density at radius 2 is 1.58 bits per heavy atom. The number of halogens is 1. The number of rotatable bonds is 5. The van der Waals surface area contributed by atoms with Crippen molar-refractivity contribution < 1.29 is 22.1 Å². The molecule has 7 heteroatoms. The molecule has 1 rings (SSSR count). The van der Waals surface area contributed by atoms with E-state index in [9.17, 15) is 0 Å². The molecule has 1 aromatic heterocycles. The fraction of sp³-hybridized carbons (Fsp3) is 0.647. The second-order valence-electron chi connectivity index (χ2n) is 6.95. The topological polar surface area (TPSA) is 54.0 Å². The Hall–Kier alpha value is 0.0834. The van der Waals surface area contributed by atoms with Gasteiger partial charge in [-0.25, -0.2) is 0 Å². The molecule has 0 aliphatic heterocycles. The van der Waals surface area contributed by atoms with Crippen LogP contribution in [0.4, 0.5) is 0 Å². The van der Waals surface area contributed by atoms with Gasteiger partial charge in [-0.1, -0.05) is 57.0 Å². The molecule has 1 unspecified atom stereocenters. The molecule has 0 spiro atoms. The monoisotopic (exact) mass is 464 g/mol. The van der Waals surface area contributed by atoms with E-state index in [0.717, 1.165) is 25.3 Å². The van der Waals surface area contributed by atoms with Gasteiger partial charge >= 0.3 is 27.0 Å². The van der Waals surface area contributed by atoms with Gasteiger partial charge in [-0.2, -0.15) is 0 Å². The molecule has 0 aliphatic carbocycles. The SMILES string of the molecule is CC(C)(C)C(C)(C)C.PNCCNCc1ccccn1.[CH-]=O.[Cl][RuH+2]. The maximum atomic E-state index is 7.75. The standard InChI is InChI=1S/C8H14N3P.C8H18.CHO.ClH.Ru.H/c12-11-6-5-9-7-8-3-1-2-4-10-8;1-7(2,3)8(4,5)6;1-2;;;/h1-4,9,11H,5-7,12H2;1-6H3;1H;1H;;/q;;-1;;+3;/p-1. The van der Waals surface area contributed by atoms with Gasteiger partial charge in [0.25, 0.3) is 0 Å². The summed E-state index contributed by atoms with van der Waals surface area (Å²) >= 11 is 1.62. The summed E-state index contributed by atoms with van der Waals surface area (Å²) in [4.78, 5) is 11.9. The van der Waals surface area contributed by atoms with Crippen molar-refractivity contribution in [3.8, 4) is 0 Å². The van der Waals surface area contributed by atoms with Crippen molar-refractivity contribution in [2.75, 3.05) is 13.1 Å². The zero-order valence-electron chi connectivity index (χ0n) is 15.7. The minimum atomic E-state index is 0.437. The van der Waals surface area contributed by atoms with Crippen molar-refractivity contribution in [3.63, 3.8) is 0 Å². The first-order valence-electron chi connectivity index (χ1n) is 7.60. The summed E-state index contributed by atoms with van der Waals surface area (Å²) in [6, 6.07) is 5.94. The predicted octanol–water partition coefficient (Wildman–Crippen LogP) is 3.77. The molecule has 0 saturated carbocycles. The average molecular weight is 464 g/mol. The molecule has 4 nitrogen and oxygen atoms in total. The third kappa shape index (κ3) is 18.4. The summed E-state index contributed by atoms with van der Waals surface area (Å²) < 4.78 is 0. The van der Waals surface area contributed by atoms with Gasteiger partial charge in [-0.05, 0) is 23.0 Å². The molecule has 0 amide bonds. The second-order valence-corrected chi connectivity index (χ2v) is 7.36. The first-order valence-corrected chi connectivity index (χ1v) is 10.6. The van der Waals surface area contributed by atoms with Crippen LogP contribution >= 0.6 is 19.1 Å². The molecule has 1 aromatic rings. The van der Waals surface area contributed by atoms with E-state index in [0.29, 0.717) is 10.8 Å². The molecule has 2 N–H and O–H groups in total. The van der Waals surface area contributed by atoms with Gasteiger partial charge < -0.3 is 10.1 Å². The zero-order valence-corrected chi connectivity index (χ0v) is 19.5. The zero-order chi connectivity index (χ0) is 19.6. The van der Waals surface area contributed by atoms with Gasteiger partial charge in [0.1, 0.15) is 0 Å². The minimum absolute atomic E-state index is 0.437. The summed E-state index contributed by atoms with van der Waals surface area (Å²) in [6.07, 6.45) is 1.81. The fourth-order valence-corrected chi connectivity index (χ4v) is 1.02. The van der Waals surface area contributed by atoms with Crippen molar-refractivity contribution in [2.24, 2.45) is 10.8 Å². The summed E-state index contributed by atoms with van der Waals surface area (Å²) in [5.41, 5.74) is 1.96. The van der Waals surface area contributed by atoms with Crippen LogP contribution in [-0.4, -0.2) is 24.9 Å². The van der Waals surface area contributed by atoms with E-state index in [2.05, 4.69) is 82.8 Å².